The molecule has 5 rings (SSSR count). The third-order valence-corrected chi connectivity index (χ3v) is 5.01. The molecule has 0 amide bonds. The lowest BCUT2D eigenvalue weighted by Crippen LogP contribution is -2.03. The maximum absolute atomic E-state index is 9.03. The Labute approximate surface area is 156 Å². The summed E-state index contributed by atoms with van der Waals surface area (Å²) in [5.74, 6) is 0. The Balaban J connectivity index is 1.50. The Morgan fingerprint density at radius 1 is 1.15 bits per heavy atom. The van der Waals surface area contributed by atoms with E-state index in [-0.39, 0.29) is 6.61 Å². The smallest absolute Gasteiger partial charge is 0.221 e. The Morgan fingerprint density at radius 2 is 2.11 bits per heavy atom. The predicted molar refractivity (Wildman–Crippen MR) is 100 cm³/mol. The highest BCUT2D eigenvalue weighted by atomic mass is 32.1. The van der Waals surface area contributed by atoms with Crippen LogP contribution < -0.4 is 0 Å². The average molecular weight is 378 g/mol. The summed E-state index contributed by atoms with van der Waals surface area (Å²) < 4.78 is 4.55. The van der Waals surface area contributed by atoms with Crippen molar-refractivity contribution in [2.75, 3.05) is 6.61 Å². The van der Waals surface area contributed by atoms with Crippen molar-refractivity contribution in [3.63, 3.8) is 0 Å². The molecule has 0 saturated carbocycles. The molecule has 4 aromatic heterocycles. The van der Waals surface area contributed by atoms with E-state index in [1.165, 1.54) is 0 Å². The highest BCUT2D eigenvalue weighted by molar-refractivity contribution is 7.16. The lowest BCUT2D eigenvalue weighted by Gasteiger charge is -2.03. The number of hydrogen-bond acceptors (Lipinski definition) is 8. The second-order valence-corrected chi connectivity index (χ2v) is 6.91. The largest absolute Gasteiger partial charge is 0.394 e. The van der Waals surface area contributed by atoms with Crippen molar-refractivity contribution in [3.05, 3.63) is 47.9 Å². The minimum atomic E-state index is 0.0344. The van der Waals surface area contributed by atoms with Crippen LogP contribution in [0.1, 0.15) is 5.56 Å². The zero-order chi connectivity index (χ0) is 18.2. The predicted octanol–water partition coefficient (Wildman–Crippen LogP) is 1.74. The van der Waals surface area contributed by atoms with Crippen molar-refractivity contribution >= 4 is 32.8 Å². The van der Waals surface area contributed by atoms with Crippen LogP contribution in [0.5, 0.6) is 0 Å². The standard InChI is InChI=1S/C17H14N8OS/c26-4-3-24-9-12(6-20-24)14-7-18-16-17(21-14)25(23-22-16)8-11-1-2-13-15(5-11)27-10-19-13/h1-2,5-7,9-10,26H,3-4,8H2. The first-order chi connectivity index (χ1) is 13.3. The second kappa shape index (κ2) is 6.49. The molecular weight excluding hydrogens is 364 g/mol. The lowest BCUT2D eigenvalue weighted by molar-refractivity contribution is 0.269. The van der Waals surface area contributed by atoms with Gasteiger partial charge in [0.05, 0.1) is 53.5 Å². The fourth-order valence-corrected chi connectivity index (χ4v) is 3.63. The topological polar surface area (TPSA) is 107 Å². The summed E-state index contributed by atoms with van der Waals surface area (Å²) in [5.41, 5.74) is 6.57. The molecular formula is C17H14N8OS. The fraction of sp³-hybridized carbons (Fsp3) is 0.176. The fourth-order valence-electron chi connectivity index (χ4n) is 2.89. The number of aromatic nitrogens is 8. The van der Waals surface area contributed by atoms with Gasteiger partial charge < -0.3 is 5.11 Å². The number of aliphatic hydroxyl groups is 1. The highest BCUT2D eigenvalue weighted by Gasteiger charge is 2.12. The normalized spacial score (nSPS) is 11.6. The number of hydrogen-bond donors (Lipinski definition) is 1. The zero-order valence-corrected chi connectivity index (χ0v) is 14.9. The number of rotatable bonds is 5. The first-order valence-corrected chi connectivity index (χ1v) is 9.20. The van der Waals surface area contributed by atoms with Crippen molar-refractivity contribution in [3.8, 4) is 11.3 Å². The summed E-state index contributed by atoms with van der Waals surface area (Å²) in [6.45, 7) is 1.02. The number of benzene rings is 1. The van der Waals surface area contributed by atoms with E-state index < -0.39 is 0 Å². The summed E-state index contributed by atoms with van der Waals surface area (Å²) in [5, 5.41) is 21.6. The van der Waals surface area contributed by atoms with E-state index in [9.17, 15) is 0 Å². The third kappa shape index (κ3) is 2.94. The molecule has 1 aromatic carbocycles. The molecule has 134 valence electrons. The number of thiazole rings is 1. The summed E-state index contributed by atoms with van der Waals surface area (Å²) in [6.07, 6.45) is 5.19. The second-order valence-electron chi connectivity index (χ2n) is 6.02. The molecule has 0 radical (unpaired) electrons. The number of aliphatic hydroxyl groups excluding tert-OH is 1. The van der Waals surface area contributed by atoms with Crippen molar-refractivity contribution in [2.45, 2.75) is 13.1 Å². The minimum Gasteiger partial charge on any atom is -0.394 e. The van der Waals surface area contributed by atoms with Gasteiger partial charge in [0.2, 0.25) is 5.65 Å². The molecule has 0 unspecified atom stereocenters. The van der Waals surface area contributed by atoms with Gasteiger partial charge in [-0.2, -0.15) is 5.10 Å². The quantitative estimate of drug-likeness (QED) is 0.496. The molecule has 27 heavy (non-hydrogen) atoms. The van der Waals surface area contributed by atoms with Gasteiger partial charge in [0.15, 0.2) is 5.65 Å². The van der Waals surface area contributed by atoms with E-state index in [2.05, 4.69) is 36.4 Å². The molecule has 0 atom stereocenters. The van der Waals surface area contributed by atoms with Crippen LogP contribution in [0.25, 0.3) is 32.8 Å². The maximum atomic E-state index is 9.03. The van der Waals surface area contributed by atoms with Crippen LogP contribution in [-0.4, -0.2) is 51.4 Å². The van der Waals surface area contributed by atoms with Crippen LogP contribution in [0.3, 0.4) is 0 Å². The van der Waals surface area contributed by atoms with Crippen LogP contribution in [0.15, 0.2) is 42.3 Å². The molecule has 1 N–H and O–H groups in total. The number of nitrogens with zero attached hydrogens (tertiary/aromatic N) is 8. The Kier molecular flexibility index (Phi) is 3.84. The molecule has 10 heteroatoms. The highest BCUT2D eigenvalue weighted by Crippen LogP contribution is 2.21. The molecule has 9 nitrogen and oxygen atoms in total. The van der Waals surface area contributed by atoms with Gasteiger partial charge in [-0.3, -0.25) is 4.68 Å². The SMILES string of the molecule is OCCn1cc(-c2cnc3nnn(Cc4ccc5ncsc5c4)c3n2)cn1. The van der Waals surface area contributed by atoms with Crippen molar-refractivity contribution in [1.29, 1.82) is 0 Å². The molecule has 0 aliphatic carbocycles. The van der Waals surface area contributed by atoms with Gasteiger partial charge in [0.25, 0.3) is 0 Å². The van der Waals surface area contributed by atoms with E-state index in [0.717, 1.165) is 21.3 Å². The van der Waals surface area contributed by atoms with Crippen LogP contribution in [0.2, 0.25) is 0 Å². The van der Waals surface area contributed by atoms with Crippen LogP contribution >= 0.6 is 11.3 Å². The molecule has 0 saturated heterocycles. The molecule has 4 heterocycles. The van der Waals surface area contributed by atoms with Gasteiger partial charge in [-0.25, -0.2) is 19.6 Å². The Bertz CT molecular complexity index is 1240. The third-order valence-electron chi connectivity index (χ3n) is 4.21. The van der Waals surface area contributed by atoms with Gasteiger partial charge in [0.1, 0.15) is 0 Å². The van der Waals surface area contributed by atoms with Crippen molar-refractivity contribution in [2.24, 2.45) is 0 Å². The Morgan fingerprint density at radius 3 is 3.04 bits per heavy atom. The van der Waals surface area contributed by atoms with Gasteiger partial charge in [-0.05, 0) is 17.7 Å². The van der Waals surface area contributed by atoms with Gasteiger partial charge in [-0.15, -0.1) is 16.4 Å². The zero-order valence-electron chi connectivity index (χ0n) is 14.1. The minimum absolute atomic E-state index is 0.0344. The van der Waals surface area contributed by atoms with E-state index in [4.69, 9.17) is 5.11 Å². The lowest BCUT2D eigenvalue weighted by atomic mass is 10.2. The van der Waals surface area contributed by atoms with Crippen LogP contribution in [0.4, 0.5) is 0 Å². The molecule has 5 aromatic rings. The van der Waals surface area contributed by atoms with Gasteiger partial charge in [0, 0.05) is 11.8 Å². The Hall–Kier alpha value is -3.24. The van der Waals surface area contributed by atoms with Crippen molar-refractivity contribution < 1.29 is 5.11 Å². The monoisotopic (exact) mass is 378 g/mol. The van der Waals surface area contributed by atoms with Gasteiger partial charge >= 0.3 is 0 Å². The first kappa shape index (κ1) is 16.0. The summed E-state index contributed by atoms with van der Waals surface area (Å²) in [6, 6.07) is 6.15. The van der Waals surface area contributed by atoms with Crippen LogP contribution in [-0.2, 0) is 13.1 Å². The molecule has 0 bridgehead atoms. The summed E-state index contributed by atoms with van der Waals surface area (Å²) in [4.78, 5) is 13.3. The summed E-state index contributed by atoms with van der Waals surface area (Å²) in [7, 11) is 0. The maximum Gasteiger partial charge on any atom is 0.221 e. The number of fused-ring (bicyclic) bond motifs is 2. The van der Waals surface area contributed by atoms with E-state index >= 15 is 0 Å². The first-order valence-electron chi connectivity index (χ1n) is 8.32. The average Bonchev–Trinajstić information content (AvgIpc) is 3.41. The van der Waals surface area contributed by atoms with Crippen molar-refractivity contribution in [1.82, 2.24) is 39.7 Å². The molecule has 0 fully saturated rings. The van der Waals surface area contributed by atoms with E-state index in [0.29, 0.717) is 30.1 Å². The van der Waals surface area contributed by atoms with Crippen LogP contribution in [0, 0.1) is 0 Å². The van der Waals surface area contributed by atoms with E-state index in [1.807, 2.05) is 23.8 Å². The summed E-state index contributed by atoms with van der Waals surface area (Å²) >= 11 is 1.61. The van der Waals surface area contributed by atoms with E-state index in [1.54, 1.807) is 33.1 Å². The molecule has 0 aliphatic rings. The molecule has 0 spiro atoms. The van der Waals surface area contributed by atoms with Gasteiger partial charge in [-0.1, -0.05) is 11.3 Å². The molecule has 0 aliphatic heterocycles.